The summed E-state index contributed by atoms with van der Waals surface area (Å²) in [5.74, 6) is 1.96. The van der Waals surface area contributed by atoms with Crippen LogP contribution in [0.4, 0.5) is 0 Å². The van der Waals surface area contributed by atoms with Gasteiger partial charge in [0.2, 0.25) is 0 Å². The number of hydrogen-bond donors (Lipinski definition) is 1. The molecule has 0 fully saturated rings. The monoisotopic (exact) mass is 283 g/mol. The van der Waals surface area contributed by atoms with Gasteiger partial charge < -0.3 is 4.98 Å². The van der Waals surface area contributed by atoms with E-state index in [9.17, 15) is 0 Å². The highest BCUT2D eigenvalue weighted by Gasteiger charge is 2.34. The van der Waals surface area contributed by atoms with Crippen LogP contribution in [0, 0.1) is 0 Å². The lowest BCUT2D eigenvalue weighted by atomic mass is 9.73. The Morgan fingerprint density at radius 3 is 2.48 bits per heavy atom. The van der Waals surface area contributed by atoms with Crippen LogP contribution in [0.2, 0.25) is 0 Å². The number of nitrogens with zero attached hydrogens (tertiary/aromatic N) is 2. The van der Waals surface area contributed by atoms with E-state index in [1.807, 2.05) is 6.20 Å². The van der Waals surface area contributed by atoms with E-state index < -0.39 is 0 Å². The summed E-state index contributed by atoms with van der Waals surface area (Å²) in [7, 11) is 0. The molecule has 0 saturated carbocycles. The second-order valence-electron chi connectivity index (χ2n) is 7.47. The molecule has 1 aliphatic rings. The first-order valence-electron chi connectivity index (χ1n) is 7.89. The summed E-state index contributed by atoms with van der Waals surface area (Å²) >= 11 is 0. The molecule has 112 valence electrons. The first-order valence-corrected chi connectivity index (χ1v) is 7.89. The van der Waals surface area contributed by atoms with Gasteiger partial charge in [0.1, 0.15) is 5.82 Å². The van der Waals surface area contributed by atoms with E-state index in [4.69, 9.17) is 4.98 Å². The number of aromatic amines is 1. The van der Waals surface area contributed by atoms with Crippen LogP contribution in [-0.4, -0.2) is 15.0 Å². The Kier molecular flexibility index (Phi) is 3.19. The van der Waals surface area contributed by atoms with Crippen LogP contribution in [0.15, 0.2) is 12.3 Å². The lowest BCUT2D eigenvalue weighted by molar-refractivity contribution is 0.508. The zero-order valence-corrected chi connectivity index (χ0v) is 13.9. The van der Waals surface area contributed by atoms with Gasteiger partial charge in [-0.1, -0.05) is 41.5 Å². The molecule has 1 N–H and O–H groups in total. The van der Waals surface area contributed by atoms with Crippen LogP contribution < -0.4 is 0 Å². The third-order valence-electron chi connectivity index (χ3n) is 4.46. The highest BCUT2D eigenvalue weighted by molar-refractivity contribution is 5.70. The predicted molar refractivity (Wildman–Crippen MR) is 86.7 cm³/mol. The quantitative estimate of drug-likeness (QED) is 0.878. The van der Waals surface area contributed by atoms with Gasteiger partial charge >= 0.3 is 0 Å². The summed E-state index contributed by atoms with van der Waals surface area (Å²) in [4.78, 5) is 13.0. The van der Waals surface area contributed by atoms with Crippen molar-refractivity contribution in [3.05, 3.63) is 35.0 Å². The minimum absolute atomic E-state index is 0.121. The van der Waals surface area contributed by atoms with Crippen molar-refractivity contribution in [3.8, 4) is 11.3 Å². The lowest BCUT2D eigenvalue weighted by Crippen LogP contribution is -2.26. The standard InChI is InChI=1S/C18H25N3/c1-10(2)14-7-13-12(9-19-14)16-15(8-18(13,5)6)20-17(21-16)11(3)4/h7,9-11H,8H2,1-6H3,(H,20,21). The number of aromatic nitrogens is 3. The minimum atomic E-state index is 0.121. The smallest absolute Gasteiger partial charge is 0.109 e. The second kappa shape index (κ2) is 4.69. The fourth-order valence-electron chi connectivity index (χ4n) is 3.13. The molecule has 0 radical (unpaired) electrons. The maximum atomic E-state index is 4.84. The molecule has 0 atom stereocenters. The van der Waals surface area contributed by atoms with Crippen LogP contribution in [0.3, 0.4) is 0 Å². The predicted octanol–water partition coefficient (Wildman–Crippen LogP) is 4.55. The Balaban J connectivity index is 2.20. The Morgan fingerprint density at radius 1 is 1.14 bits per heavy atom. The topological polar surface area (TPSA) is 41.6 Å². The molecule has 2 aromatic rings. The number of imidazole rings is 1. The Hall–Kier alpha value is -1.64. The van der Waals surface area contributed by atoms with Gasteiger partial charge in [-0.15, -0.1) is 0 Å². The molecule has 2 aromatic heterocycles. The van der Waals surface area contributed by atoms with Crippen molar-refractivity contribution in [1.82, 2.24) is 15.0 Å². The molecule has 1 aliphatic carbocycles. The van der Waals surface area contributed by atoms with Gasteiger partial charge in [0.25, 0.3) is 0 Å². The summed E-state index contributed by atoms with van der Waals surface area (Å²) in [5.41, 5.74) is 6.25. The van der Waals surface area contributed by atoms with E-state index in [2.05, 4.69) is 57.6 Å². The third kappa shape index (κ3) is 2.29. The van der Waals surface area contributed by atoms with Crippen LogP contribution in [0.1, 0.15) is 76.2 Å². The molecule has 3 nitrogen and oxygen atoms in total. The van der Waals surface area contributed by atoms with E-state index in [-0.39, 0.29) is 5.41 Å². The van der Waals surface area contributed by atoms with Gasteiger partial charge in [-0.3, -0.25) is 4.98 Å². The fraction of sp³-hybridized carbons (Fsp3) is 0.556. The molecular weight excluding hydrogens is 258 g/mol. The first-order chi connectivity index (χ1) is 9.79. The maximum Gasteiger partial charge on any atom is 0.109 e. The van der Waals surface area contributed by atoms with Crippen LogP contribution in [-0.2, 0) is 11.8 Å². The molecule has 0 unspecified atom stereocenters. The molecule has 0 bridgehead atoms. The Labute approximate surface area is 127 Å². The van der Waals surface area contributed by atoms with Gasteiger partial charge in [-0.25, -0.2) is 4.98 Å². The number of fused-ring (bicyclic) bond motifs is 3. The average Bonchev–Trinajstić information content (AvgIpc) is 2.81. The van der Waals surface area contributed by atoms with Gasteiger partial charge in [-0.2, -0.15) is 0 Å². The van der Waals surface area contributed by atoms with Crippen molar-refractivity contribution in [3.63, 3.8) is 0 Å². The Morgan fingerprint density at radius 2 is 1.86 bits per heavy atom. The SMILES string of the molecule is CC(C)c1cc2c(cn1)-c1nc(C(C)C)[nH]c1CC2(C)C. The van der Waals surface area contributed by atoms with E-state index in [0.29, 0.717) is 11.8 Å². The molecule has 0 amide bonds. The summed E-state index contributed by atoms with van der Waals surface area (Å²) < 4.78 is 0. The van der Waals surface area contributed by atoms with Crippen LogP contribution in [0.5, 0.6) is 0 Å². The van der Waals surface area contributed by atoms with Crippen molar-refractivity contribution in [2.45, 2.75) is 65.2 Å². The second-order valence-corrected chi connectivity index (χ2v) is 7.47. The van der Waals surface area contributed by atoms with Crippen molar-refractivity contribution >= 4 is 0 Å². The van der Waals surface area contributed by atoms with E-state index in [1.54, 1.807) is 0 Å². The largest absolute Gasteiger partial charge is 0.345 e. The maximum absolute atomic E-state index is 4.84. The number of H-pyrrole nitrogens is 1. The number of rotatable bonds is 2. The van der Waals surface area contributed by atoms with E-state index >= 15 is 0 Å². The molecule has 21 heavy (non-hydrogen) atoms. The zero-order chi connectivity index (χ0) is 15.4. The van der Waals surface area contributed by atoms with Gasteiger partial charge in [-0.05, 0) is 29.4 Å². The minimum Gasteiger partial charge on any atom is -0.345 e. The first kappa shape index (κ1) is 14.3. The molecule has 0 aliphatic heterocycles. The highest BCUT2D eigenvalue weighted by Crippen LogP contribution is 2.42. The zero-order valence-electron chi connectivity index (χ0n) is 13.9. The van der Waals surface area contributed by atoms with Crippen molar-refractivity contribution in [1.29, 1.82) is 0 Å². The molecule has 0 aromatic carbocycles. The number of nitrogens with one attached hydrogen (secondary N) is 1. The number of hydrogen-bond acceptors (Lipinski definition) is 2. The van der Waals surface area contributed by atoms with E-state index in [0.717, 1.165) is 17.9 Å². The summed E-state index contributed by atoms with van der Waals surface area (Å²) in [6.07, 6.45) is 3.03. The molecular formula is C18H25N3. The molecule has 3 heteroatoms. The van der Waals surface area contributed by atoms with Crippen LogP contribution >= 0.6 is 0 Å². The van der Waals surface area contributed by atoms with Crippen LogP contribution in [0.25, 0.3) is 11.3 Å². The van der Waals surface area contributed by atoms with Gasteiger partial charge in [0.05, 0.1) is 5.69 Å². The van der Waals surface area contributed by atoms with Crippen molar-refractivity contribution in [2.24, 2.45) is 0 Å². The summed E-state index contributed by atoms with van der Waals surface area (Å²) in [6.45, 7) is 13.4. The van der Waals surface area contributed by atoms with E-state index in [1.165, 1.54) is 22.5 Å². The molecule has 3 rings (SSSR count). The number of pyridine rings is 1. The van der Waals surface area contributed by atoms with Gasteiger partial charge in [0.15, 0.2) is 0 Å². The summed E-state index contributed by atoms with van der Waals surface area (Å²) in [6, 6.07) is 2.28. The third-order valence-corrected chi connectivity index (χ3v) is 4.46. The average molecular weight is 283 g/mol. The van der Waals surface area contributed by atoms with Crippen molar-refractivity contribution in [2.75, 3.05) is 0 Å². The Bertz CT molecular complexity index is 678. The van der Waals surface area contributed by atoms with Gasteiger partial charge in [0, 0.05) is 29.1 Å². The fourth-order valence-corrected chi connectivity index (χ4v) is 3.13. The molecule has 0 spiro atoms. The normalized spacial score (nSPS) is 16.2. The summed E-state index contributed by atoms with van der Waals surface area (Å²) in [5, 5.41) is 0. The highest BCUT2D eigenvalue weighted by atomic mass is 15.0. The molecule has 2 heterocycles. The molecule has 0 saturated heterocycles. The lowest BCUT2D eigenvalue weighted by Gasteiger charge is -2.32. The van der Waals surface area contributed by atoms with Crippen molar-refractivity contribution < 1.29 is 0 Å².